The summed E-state index contributed by atoms with van der Waals surface area (Å²) in [7, 11) is 5.37. The Labute approximate surface area is 128 Å². The van der Waals surface area contributed by atoms with Crippen LogP contribution in [0, 0.1) is 0 Å². The van der Waals surface area contributed by atoms with E-state index in [4.69, 9.17) is 14.2 Å². The summed E-state index contributed by atoms with van der Waals surface area (Å²) in [6.07, 6.45) is 0. The van der Waals surface area contributed by atoms with Crippen molar-refractivity contribution in [2.24, 2.45) is 0 Å². The summed E-state index contributed by atoms with van der Waals surface area (Å²) in [6.45, 7) is 6.45. The molecular formula is C16H28N2O3. The predicted octanol–water partition coefficient (Wildman–Crippen LogP) is 1.90. The van der Waals surface area contributed by atoms with Crippen LogP contribution in [0.3, 0.4) is 0 Å². The van der Waals surface area contributed by atoms with Gasteiger partial charge in [-0.3, -0.25) is 0 Å². The fourth-order valence-corrected chi connectivity index (χ4v) is 2.16. The van der Waals surface area contributed by atoms with Gasteiger partial charge in [0.25, 0.3) is 0 Å². The molecule has 0 saturated carbocycles. The Morgan fingerprint density at radius 1 is 1.10 bits per heavy atom. The Balaban J connectivity index is 2.96. The molecule has 0 radical (unpaired) electrons. The summed E-state index contributed by atoms with van der Waals surface area (Å²) in [5, 5.41) is 3.16. The Morgan fingerprint density at radius 3 is 2.29 bits per heavy atom. The Bertz CT molecular complexity index is 391. The highest BCUT2D eigenvalue weighted by atomic mass is 16.5. The average molecular weight is 296 g/mol. The van der Waals surface area contributed by atoms with Gasteiger partial charge in [0.1, 0.15) is 5.75 Å². The van der Waals surface area contributed by atoms with Crippen LogP contribution in [-0.4, -0.2) is 54.2 Å². The van der Waals surface area contributed by atoms with Gasteiger partial charge in [-0.15, -0.1) is 0 Å². The quantitative estimate of drug-likeness (QED) is 0.675. The third-order valence-electron chi connectivity index (χ3n) is 3.18. The van der Waals surface area contributed by atoms with E-state index in [1.54, 1.807) is 14.2 Å². The standard InChI is InChI=1S/C16H28N2O3/c1-5-21-16-12-14(13-17-2)6-7-15(16)18(8-10-19-3)9-11-20-4/h6-7,12,17H,5,8-11,13H2,1-4H3. The third kappa shape index (κ3) is 5.91. The highest BCUT2D eigenvalue weighted by Crippen LogP contribution is 2.29. The summed E-state index contributed by atoms with van der Waals surface area (Å²) in [5.41, 5.74) is 2.30. The molecule has 1 rings (SSSR count). The monoisotopic (exact) mass is 296 g/mol. The lowest BCUT2D eigenvalue weighted by atomic mass is 10.1. The zero-order chi connectivity index (χ0) is 15.5. The van der Waals surface area contributed by atoms with Crippen LogP contribution in [-0.2, 0) is 16.0 Å². The van der Waals surface area contributed by atoms with Crippen LogP contribution in [0.2, 0.25) is 0 Å². The minimum atomic E-state index is 0.651. The molecule has 5 heteroatoms. The molecular weight excluding hydrogens is 268 g/mol. The molecule has 0 aliphatic heterocycles. The fourth-order valence-electron chi connectivity index (χ4n) is 2.16. The van der Waals surface area contributed by atoms with Gasteiger partial charge >= 0.3 is 0 Å². The van der Waals surface area contributed by atoms with Gasteiger partial charge in [-0.25, -0.2) is 0 Å². The summed E-state index contributed by atoms with van der Waals surface area (Å²) >= 11 is 0. The lowest BCUT2D eigenvalue weighted by molar-refractivity contribution is 0.190. The highest BCUT2D eigenvalue weighted by molar-refractivity contribution is 5.60. The number of methoxy groups -OCH3 is 2. The van der Waals surface area contributed by atoms with Crippen molar-refractivity contribution in [3.63, 3.8) is 0 Å². The van der Waals surface area contributed by atoms with Gasteiger partial charge in [-0.1, -0.05) is 6.07 Å². The summed E-state index contributed by atoms with van der Waals surface area (Å²) < 4.78 is 16.2. The minimum absolute atomic E-state index is 0.651. The van der Waals surface area contributed by atoms with Crippen molar-refractivity contribution in [1.29, 1.82) is 0 Å². The molecule has 0 amide bonds. The maximum absolute atomic E-state index is 5.81. The number of anilines is 1. The third-order valence-corrected chi connectivity index (χ3v) is 3.18. The Kier molecular flexibility index (Phi) is 8.82. The number of rotatable bonds is 11. The number of hydrogen-bond acceptors (Lipinski definition) is 5. The molecule has 1 aromatic carbocycles. The lowest BCUT2D eigenvalue weighted by Crippen LogP contribution is -2.31. The lowest BCUT2D eigenvalue weighted by Gasteiger charge is -2.26. The first kappa shape index (κ1) is 17.8. The van der Waals surface area contributed by atoms with Crippen LogP contribution in [0.15, 0.2) is 18.2 Å². The van der Waals surface area contributed by atoms with Gasteiger partial charge in [0, 0.05) is 33.9 Å². The van der Waals surface area contributed by atoms with E-state index < -0.39 is 0 Å². The molecule has 0 aliphatic rings. The van der Waals surface area contributed by atoms with E-state index in [1.807, 2.05) is 14.0 Å². The van der Waals surface area contributed by atoms with Crippen molar-refractivity contribution in [2.75, 3.05) is 59.1 Å². The first-order valence-electron chi connectivity index (χ1n) is 7.39. The topological polar surface area (TPSA) is 43.0 Å². The van der Waals surface area contributed by atoms with Crippen molar-refractivity contribution >= 4 is 5.69 Å². The van der Waals surface area contributed by atoms with E-state index in [0.29, 0.717) is 19.8 Å². The van der Waals surface area contributed by atoms with Crippen molar-refractivity contribution in [3.05, 3.63) is 23.8 Å². The second-order valence-corrected chi connectivity index (χ2v) is 4.74. The van der Waals surface area contributed by atoms with Crippen LogP contribution >= 0.6 is 0 Å². The van der Waals surface area contributed by atoms with Crippen LogP contribution in [0.4, 0.5) is 5.69 Å². The van der Waals surface area contributed by atoms with E-state index in [-0.39, 0.29) is 0 Å². The van der Waals surface area contributed by atoms with Crippen molar-refractivity contribution in [3.8, 4) is 5.75 Å². The second kappa shape index (κ2) is 10.4. The van der Waals surface area contributed by atoms with Crippen molar-refractivity contribution in [1.82, 2.24) is 5.32 Å². The number of benzene rings is 1. The first-order valence-corrected chi connectivity index (χ1v) is 7.39. The smallest absolute Gasteiger partial charge is 0.142 e. The summed E-state index contributed by atoms with van der Waals surface area (Å²) in [4.78, 5) is 2.24. The fraction of sp³-hybridized carbons (Fsp3) is 0.625. The molecule has 0 heterocycles. The average Bonchev–Trinajstić information content (AvgIpc) is 2.49. The maximum atomic E-state index is 5.81. The molecule has 0 atom stereocenters. The van der Waals surface area contributed by atoms with Gasteiger partial charge in [-0.2, -0.15) is 0 Å². The first-order chi connectivity index (χ1) is 10.3. The summed E-state index contributed by atoms with van der Waals surface area (Å²) in [5.74, 6) is 0.914. The van der Waals surface area contributed by atoms with Crippen LogP contribution in [0.5, 0.6) is 5.75 Å². The van der Waals surface area contributed by atoms with E-state index in [1.165, 1.54) is 5.56 Å². The number of ether oxygens (including phenoxy) is 3. The molecule has 0 bridgehead atoms. The minimum Gasteiger partial charge on any atom is -0.492 e. The van der Waals surface area contributed by atoms with E-state index in [9.17, 15) is 0 Å². The van der Waals surface area contributed by atoms with Crippen molar-refractivity contribution in [2.45, 2.75) is 13.5 Å². The zero-order valence-electron chi connectivity index (χ0n) is 13.6. The SMILES string of the molecule is CCOc1cc(CNC)ccc1N(CCOC)CCOC. The number of nitrogens with zero attached hydrogens (tertiary/aromatic N) is 1. The molecule has 21 heavy (non-hydrogen) atoms. The normalized spacial score (nSPS) is 10.7. The van der Waals surface area contributed by atoms with Gasteiger partial charge in [0.05, 0.1) is 25.5 Å². The van der Waals surface area contributed by atoms with E-state index >= 15 is 0 Å². The molecule has 0 saturated heterocycles. The zero-order valence-corrected chi connectivity index (χ0v) is 13.6. The highest BCUT2D eigenvalue weighted by Gasteiger charge is 2.13. The maximum Gasteiger partial charge on any atom is 0.142 e. The molecule has 1 N–H and O–H groups in total. The Hall–Kier alpha value is -1.30. The van der Waals surface area contributed by atoms with Gasteiger partial charge in [-0.05, 0) is 31.7 Å². The molecule has 0 aromatic heterocycles. The van der Waals surface area contributed by atoms with Crippen LogP contribution in [0.1, 0.15) is 12.5 Å². The van der Waals surface area contributed by atoms with E-state index in [2.05, 4.69) is 28.4 Å². The van der Waals surface area contributed by atoms with Crippen molar-refractivity contribution < 1.29 is 14.2 Å². The molecule has 0 fully saturated rings. The molecule has 0 spiro atoms. The number of nitrogens with one attached hydrogen (secondary N) is 1. The molecule has 1 aromatic rings. The predicted molar refractivity (Wildman–Crippen MR) is 86.3 cm³/mol. The Morgan fingerprint density at radius 2 is 1.76 bits per heavy atom. The van der Waals surface area contributed by atoms with Gasteiger partial charge in [0.2, 0.25) is 0 Å². The molecule has 0 unspecified atom stereocenters. The summed E-state index contributed by atoms with van der Waals surface area (Å²) in [6, 6.07) is 6.34. The van der Waals surface area contributed by atoms with Crippen LogP contribution in [0.25, 0.3) is 0 Å². The van der Waals surface area contributed by atoms with Gasteiger partial charge < -0.3 is 24.4 Å². The largest absolute Gasteiger partial charge is 0.492 e. The van der Waals surface area contributed by atoms with Crippen LogP contribution < -0.4 is 15.0 Å². The molecule has 0 aliphatic carbocycles. The molecule has 5 nitrogen and oxygen atoms in total. The number of hydrogen-bond donors (Lipinski definition) is 1. The second-order valence-electron chi connectivity index (χ2n) is 4.74. The van der Waals surface area contributed by atoms with Gasteiger partial charge in [0.15, 0.2) is 0 Å². The molecule has 120 valence electrons. The van der Waals surface area contributed by atoms with E-state index in [0.717, 1.165) is 31.1 Å².